The van der Waals surface area contributed by atoms with Crippen LogP contribution in [0.3, 0.4) is 0 Å². The van der Waals surface area contributed by atoms with Crippen LogP contribution in [0.15, 0.2) is 12.4 Å². The second-order valence-corrected chi connectivity index (χ2v) is 3.94. The van der Waals surface area contributed by atoms with Crippen LogP contribution < -0.4 is 10.6 Å². The monoisotopic (exact) mass is 280 g/mol. The molecule has 20 heavy (non-hydrogen) atoms. The van der Waals surface area contributed by atoms with E-state index in [0.717, 1.165) is 0 Å². The number of carbonyl (C=O) groups excluding carboxylic acids is 3. The van der Waals surface area contributed by atoms with E-state index in [4.69, 9.17) is 4.74 Å². The molecule has 0 aromatic carbocycles. The summed E-state index contributed by atoms with van der Waals surface area (Å²) >= 11 is 0. The number of esters is 1. The van der Waals surface area contributed by atoms with Crippen LogP contribution >= 0.6 is 0 Å². The molecule has 2 N–H and O–H groups in total. The van der Waals surface area contributed by atoms with Gasteiger partial charge in [-0.05, 0) is 20.8 Å². The van der Waals surface area contributed by atoms with Gasteiger partial charge in [0, 0.05) is 12.7 Å². The molecule has 1 aromatic heterocycles. The summed E-state index contributed by atoms with van der Waals surface area (Å²) < 4.78 is 4.88. The number of nitrogens with one attached hydrogen (secondary N) is 2. The number of rotatable bonds is 4. The fourth-order valence-electron chi connectivity index (χ4n) is 1.19. The van der Waals surface area contributed by atoms with Crippen LogP contribution in [0.25, 0.3) is 0 Å². The van der Waals surface area contributed by atoms with E-state index in [1.165, 1.54) is 19.3 Å². The van der Waals surface area contributed by atoms with Gasteiger partial charge in [0.05, 0.1) is 11.9 Å². The smallest absolute Gasteiger partial charge is 0.359 e. The molecule has 1 unspecified atom stereocenters. The maximum absolute atomic E-state index is 11.7. The largest absolute Gasteiger partial charge is 0.448 e. The average molecular weight is 280 g/mol. The van der Waals surface area contributed by atoms with Gasteiger partial charge < -0.3 is 10.1 Å². The summed E-state index contributed by atoms with van der Waals surface area (Å²) in [7, 11) is 0. The second kappa shape index (κ2) is 7.17. The normalized spacial score (nSPS) is 11.3. The summed E-state index contributed by atoms with van der Waals surface area (Å²) in [4.78, 5) is 42.1. The van der Waals surface area contributed by atoms with E-state index in [-0.39, 0.29) is 5.69 Å². The third-order valence-corrected chi connectivity index (χ3v) is 2.22. The highest BCUT2D eigenvalue weighted by atomic mass is 16.5. The van der Waals surface area contributed by atoms with Crippen molar-refractivity contribution in [1.82, 2.24) is 20.6 Å². The number of hydrogen-bond donors (Lipinski definition) is 2. The van der Waals surface area contributed by atoms with E-state index in [0.29, 0.717) is 12.2 Å². The lowest BCUT2D eigenvalue weighted by atomic mass is 10.3. The minimum absolute atomic E-state index is 0.00624. The quantitative estimate of drug-likeness (QED) is 0.761. The van der Waals surface area contributed by atoms with Gasteiger partial charge in [-0.25, -0.2) is 14.6 Å². The maximum atomic E-state index is 11.7. The Morgan fingerprint density at radius 1 is 1.30 bits per heavy atom. The lowest BCUT2D eigenvalue weighted by Gasteiger charge is -2.12. The summed E-state index contributed by atoms with van der Waals surface area (Å²) in [6.45, 7) is 5.18. The Bertz CT molecular complexity index is 501. The molecule has 0 fully saturated rings. The molecule has 1 atom stereocenters. The number of urea groups is 1. The van der Waals surface area contributed by atoms with Crippen LogP contribution in [0.2, 0.25) is 0 Å². The topological polar surface area (TPSA) is 110 Å². The third kappa shape index (κ3) is 4.63. The Morgan fingerprint density at radius 2 is 2.00 bits per heavy atom. The molecule has 8 nitrogen and oxygen atoms in total. The van der Waals surface area contributed by atoms with Crippen molar-refractivity contribution in [2.75, 3.05) is 6.54 Å². The fraction of sp³-hybridized carbons (Fsp3) is 0.417. The van der Waals surface area contributed by atoms with Gasteiger partial charge in [0.1, 0.15) is 0 Å². The minimum Gasteiger partial charge on any atom is -0.448 e. The van der Waals surface area contributed by atoms with Crippen molar-refractivity contribution in [3.63, 3.8) is 0 Å². The molecule has 0 aliphatic carbocycles. The molecule has 1 rings (SSSR count). The highest BCUT2D eigenvalue weighted by molar-refractivity contribution is 5.98. The minimum atomic E-state index is -1.12. The molecule has 1 heterocycles. The summed E-state index contributed by atoms with van der Waals surface area (Å²) in [6.07, 6.45) is 1.55. The summed E-state index contributed by atoms with van der Waals surface area (Å²) in [5, 5.41) is 4.43. The molecule has 0 bridgehead atoms. The van der Waals surface area contributed by atoms with Crippen LogP contribution in [-0.2, 0) is 9.53 Å². The van der Waals surface area contributed by atoms with Gasteiger partial charge in [-0.3, -0.25) is 15.1 Å². The highest BCUT2D eigenvalue weighted by Gasteiger charge is 2.21. The van der Waals surface area contributed by atoms with Gasteiger partial charge in [0.15, 0.2) is 11.8 Å². The zero-order valence-corrected chi connectivity index (χ0v) is 11.5. The number of aromatic nitrogens is 2. The number of aryl methyl sites for hydroxylation is 1. The lowest BCUT2D eigenvalue weighted by Crippen LogP contribution is -2.44. The van der Waals surface area contributed by atoms with Crippen LogP contribution in [-0.4, -0.2) is 40.5 Å². The average Bonchev–Trinajstić information content (AvgIpc) is 2.39. The predicted octanol–water partition coefficient (Wildman–Crippen LogP) is 0.176. The first-order valence-corrected chi connectivity index (χ1v) is 6.02. The number of ether oxygens (including phenoxy) is 1. The molecule has 1 aromatic rings. The van der Waals surface area contributed by atoms with Crippen LogP contribution in [0.1, 0.15) is 30.0 Å². The summed E-state index contributed by atoms with van der Waals surface area (Å²) in [6, 6.07) is -0.643. The molecule has 3 amide bonds. The van der Waals surface area contributed by atoms with E-state index in [9.17, 15) is 14.4 Å². The van der Waals surface area contributed by atoms with Crippen molar-refractivity contribution < 1.29 is 19.1 Å². The molecule has 108 valence electrons. The van der Waals surface area contributed by atoms with Crippen molar-refractivity contribution >= 4 is 17.9 Å². The number of hydrogen-bond acceptors (Lipinski definition) is 6. The predicted molar refractivity (Wildman–Crippen MR) is 68.9 cm³/mol. The van der Waals surface area contributed by atoms with Crippen molar-refractivity contribution in [2.24, 2.45) is 0 Å². The molecular weight excluding hydrogens is 264 g/mol. The highest BCUT2D eigenvalue weighted by Crippen LogP contribution is 2.01. The third-order valence-electron chi connectivity index (χ3n) is 2.22. The van der Waals surface area contributed by atoms with Gasteiger partial charge >= 0.3 is 12.0 Å². The molecule has 0 aliphatic rings. The van der Waals surface area contributed by atoms with Crippen molar-refractivity contribution in [2.45, 2.75) is 26.9 Å². The SMILES string of the molecule is CCNC(=O)NC(=O)C(C)OC(=O)c1cnc(C)cn1. The Kier molecular flexibility index (Phi) is 5.57. The maximum Gasteiger partial charge on any atom is 0.359 e. The molecule has 0 spiro atoms. The molecule has 8 heteroatoms. The van der Waals surface area contributed by atoms with Gasteiger partial charge in [0.25, 0.3) is 5.91 Å². The van der Waals surface area contributed by atoms with Gasteiger partial charge in [-0.15, -0.1) is 0 Å². The van der Waals surface area contributed by atoms with Crippen LogP contribution in [0.4, 0.5) is 4.79 Å². The van der Waals surface area contributed by atoms with Crippen molar-refractivity contribution in [3.05, 3.63) is 23.8 Å². The Balaban J connectivity index is 2.54. The standard InChI is InChI=1S/C12H16N4O4/c1-4-13-12(19)16-10(17)8(3)20-11(18)9-6-14-7(2)5-15-9/h5-6,8H,4H2,1-3H3,(H2,13,16,17,19). The molecule has 0 saturated carbocycles. The van der Waals surface area contributed by atoms with E-state index in [1.807, 2.05) is 5.32 Å². The summed E-state index contributed by atoms with van der Waals surface area (Å²) in [5.74, 6) is -1.50. The van der Waals surface area contributed by atoms with E-state index in [1.54, 1.807) is 13.8 Å². The lowest BCUT2D eigenvalue weighted by molar-refractivity contribution is -0.127. The van der Waals surface area contributed by atoms with Crippen LogP contribution in [0, 0.1) is 6.92 Å². The zero-order chi connectivity index (χ0) is 15.1. The van der Waals surface area contributed by atoms with Gasteiger partial charge in [-0.2, -0.15) is 0 Å². The van der Waals surface area contributed by atoms with Crippen molar-refractivity contribution in [3.8, 4) is 0 Å². The molecular formula is C12H16N4O4. The first kappa shape index (κ1) is 15.5. The van der Waals surface area contributed by atoms with Crippen LogP contribution in [0.5, 0.6) is 0 Å². The zero-order valence-electron chi connectivity index (χ0n) is 11.5. The van der Waals surface area contributed by atoms with E-state index in [2.05, 4.69) is 15.3 Å². The number of amides is 3. The van der Waals surface area contributed by atoms with Gasteiger partial charge in [0.2, 0.25) is 0 Å². The first-order valence-electron chi connectivity index (χ1n) is 6.02. The molecule has 0 saturated heterocycles. The Labute approximate surface area is 115 Å². The molecule has 0 aliphatic heterocycles. The summed E-state index contributed by atoms with van der Waals surface area (Å²) in [5.41, 5.74) is 0.650. The van der Waals surface area contributed by atoms with Gasteiger partial charge in [-0.1, -0.05) is 0 Å². The number of carbonyl (C=O) groups is 3. The number of nitrogens with zero attached hydrogens (tertiary/aromatic N) is 2. The Morgan fingerprint density at radius 3 is 2.55 bits per heavy atom. The van der Waals surface area contributed by atoms with Crippen molar-refractivity contribution in [1.29, 1.82) is 0 Å². The second-order valence-electron chi connectivity index (χ2n) is 3.94. The molecule has 0 radical (unpaired) electrons. The van der Waals surface area contributed by atoms with E-state index < -0.39 is 24.0 Å². The fourth-order valence-corrected chi connectivity index (χ4v) is 1.19. The van der Waals surface area contributed by atoms with E-state index >= 15 is 0 Å². The number of imide groups is 1. The Hall–Kier alpha value is -2.51. The first-order chi connectivity index (χ1) is 9.43.